The van der Waals surface area contributed by atoms with Crippen LogP contribution in [0.5, 0.6) is 0 Å². The van der Waals surface area contributed by atoms with Gasteiger partial charge in [0.15, 0.2) is 0 Å². The van der Waals surface area contributed by atoms with Crippen LogP contribution in [0.3, 0.4) is 0 Å². The quantitative estimate of drug-likeness (QED) is 0.808. The first-order valence-electron chi connectivity index (χ1n) is 6.41. The fourth-order valence-electron chi connectivity index (χ4n) is 2.70. The molecule has 0 bridgehead atoms. The van der Waals surface area contributed by atoms with Crippen molar-refractivity contribution in [2.75, 3.05) is 13.1 Å². The molecule has 0 radical (unpaired) electrons. The van der Waals surface area contributed by atoms with Crippen LogP contribution in [-0.2, 0) is 0 Å². The minimum atomic E-state index is 0.638. The Hall–Kier alpha value is -1.41. The molecule has 0 atom stereocenters. The molecule has 1 aliphatic heterocycles. The largest absolute Gasteiger partial charge is 0.317 e. The molecule has 88 valence electrons. The number of hydrogen-bond donors (Lipinski definition) is 1. The van der Waals surface area contributed by atoms with E-state index in [4.69, 9.17) is 4.98 Å². The lowest BCUT2D eigenvalue weighted by molar-refractivity contribution is 0.454. The van der Waals surface area contributed by atoms with Gasteiger partial charge >= 0.3 is 0 Å². The Morgan fingerprint density at radius 3 is 2.76 bits per heavy atom. The molecule has 17 heavy (non-hydrogen) atoms. The second-order valence-corrected chi connectivity index (χ2v) is 4.91. The zero-order chi connectivity index (χ0) is 11.7. The van der Waals surface area contributed by atoms with Crippen molar-refractivity contribution in [2.24, 2.45) is 0 Å². The van der Waals surface area contributed by atoms with Gasteiger partial charge in [-0.15, -0.1) is 0 Å². The van der Waals surface area contributed by atoms with Gasteiger partial charge in [-0.25, -0.2) is 0 Å². The number of piperidine rings is 1. The number of nitrogens with zero attached hydrogens (tertiary/aromatic N) is 1. The van der Waals surface area contributed by atoms with E-state index < -0.39 is 0 Å². The molecule has 2 heteroatoms. The maximum Gasteiger partial charge on any atom is 0.0708 e. The highest BCUT2D eigenvalue weighted by molar-refractivity contribution is 5.82. The molecule has 1 aromatic heterocycles. The zero-order valence-corrected chi connectivity index (χ0v) is 10.2. The van der Waals surface area contributed by atoms with E-state index in [0.717, 1.165) is 18.6 Å². The van der Waals surface area contributed by atoms with Crippen molar-refractivity contribution >= 4 is 10.9 Å². The van der Waals surface area contributed by atoms with Crippen molar-refractivity contribution in [3.8, 4) is 0 Å². The van der Waals surface area contributed by atoms with Gasteiger partial charge in [0.2, 0.25) is 0 Å². The topological polar surface area (TPSA) is 24.9 Å². The zero-order valence-electron chi connectivity index (χ0n) is 10.2. The Morgan fingerprint density at radius 2 is 1.94 bits per heavy atom. The van der Waals surface area contributed by atoms with Crippen molar-refractivity contribution in [3.05, 3.63) is 41.6 Å². The number of para-hydroxylation sites is 1. The third-order valence-electron chi connectivity index (χ3n) is 3.70. The van der Waals surface area contributed by atoms with Gasteiger partial charge in [0.25, 0.3) is 0 Å². The number of pyridine rings is 1. The van der Waals surface area contributed by atoms with Crippen LogP contribution in [-0.4, -0.2) is 18.1 Å². The van der Waals surface area contributed by atoms with E-state index in [9.17, 15) is 0 Å². The summed E-state index contributed by atoms with van der Waals surface area (Å²) in [6.45, 7) is 4.44. The molecule has 0 unspecified atom stereocenters. The average Bonchev–Trinajstić information content (AvgIpc) is 2.40. The first kappa shape index (κ1) is 10.7. The SMILES string of the molecule is Cc1cc(C2CCNCC2)nc2ccccc12. The van der Waals surface area contributed by atoms with Crippen molar-refractivity contribution < 1.29 is 0 Å². The Labute approximate surface area is 102 Å². The number of nitrogens with one attached hydrogen (secondary N) is 1. The molecular formula is C15H18N2. The van der Waals surface area contributed by atoms with Crippen LogP contribution in [0.4, 0.5) is 0 Å². The Bertz CT molecular complexity index is 527. The van der Waals surface area contributed by atoms with E-state index in [2.05, 4.69) is 42.6 Å². The standard InChI is InChI=1S/C15H18N2/c1-11-10-15(12-6-8-16-9-7-12)17-14-5-3-2-4-13(11)14/h2-5,10,12,16H,6-9H2,1H3. The van der Waals surface area contributed by atoms with E-state index in [0.29, 0.717) is 5.92 Å². The Kier molecular flexibility index (Phi) is 2.81. The molecule has 0 aliphatic carbocycles. The third-order valence-corrected chi connectivity index (χ3v) is 3.70. The van der Waals surface area contributed by atoms with Crippen LogP contribution < -0.4 is 5.32 Å². The Balaban J connectivity index is 2.05. The fraction of sp³-hybridized carbons (Fsp3) is 0.400. The second kappa shape index (κ2) is 4.46. The second-order valence-electron chi connectivity index (χ2n) is 4.91. The van der Waals surface area contributed by atoms with E-state index in [1.54, 1.807) is 0 Å². The van der Waals surface area contributed by atoms with Gasteiger partial charge in [-0.3, -0.25) is 4.98 Å². The summed E-state index contributed by atoms with van der Waals surface area (Å²) in [5.74, 6) is 0.638. The predicted molar refractivity (Wildman–Crippen MR) is 71.3 cm³/mol. The molecule has 1 aliphatic rings. The average molecular weight is 226 g/mol. The van der Waals surface area contributed by atoms with Gasteiger partial charge in [-0.1, -0.05) is 18.2 Å². The molecule has 0 spiro atoms. The van der Waals surface area contributed by atoms with Gasteiger partial charge < -0.3 is 5.32 Å². The summed E-state index contributed by atoms with van der Waals surface area (Å²) in [6.07, 6.45) is 2.43. The maximum atomic E-state index is 4.83. The molecule has 1 fully saturated rings. The molecule has 0 saturated carbocycles. The lowest BCUT2D eigenvalue weighted by Crippen LogP contribution is -2.27. The lowest BCUT2D eigenvalue weighted by atomic mass is 9.92. The van der Waals surface area contributed by atoms with Crippen LogP contribution in [0.15, 0.2) is 30.3 Å². The normalized spacial score (nSPS) is 17.5. The van der Waals surface area contributed by atoms with Crippen molar-refractivity contribution in [1.29, 1.82) is 0 Å². The van der Waals surface area contributed by atoms with Gasteiger partial charge in [0.05, 0.1) is 5.52 Å². The van der Waals surface area contributed by atoms with E-state index in [1.165, 1.54) is 29.5 Å². The van der Waals surface area contributed by atoms with Gasteiger partial charge in [0.1, 0.15) is 0 Å². The highest BCUT2D eigenvalue weighted by Crippen LogP contribution is 2.27. The molecule has 1 aromatic carbocycles. The fourth-order valence-corrected chi connectivity index (χ4v) is 2.70. The number of aromatic nitrogens is 1. The summed E-state index contributed by atoms with van der Waals surface area (Å²) in [4.78, 5) is 4.83. The van der Waals surface area contributed by atoms with Crippen molar-refractivity contribution in [3.63, 3.8) is 0 Å². The van der Waals surface area contributed by atoms with Crippen LogP contribution in [0, 0.1) is 6.92 Å². The summed E-state index contributed by atoms with van der Waals surface area (Å²) < 4.78 is 0. The molecule has 2 heterocycles. The molecule has 1 saturated heterocycles. The van der Waals surface area contributed by atoms with Crippen LogP contribution in [0.1, 0.15) is 30.0 Å². The van der Waals surface area contributed by atoms with Crippen LogP contribution in [0.2, 0.25) is 0 Å². The van der Waals surface area contributed by atoms with Crippen LogP contribution >= 0.6 is 0 Å². The Morgan fingerprint density at radius 1 is 1.18 bits per heavy atom. The van der Waals surface area contributed by atoms with Crippen molar-refractivity contribution in [1.82, 2.24) is 10.3 Å². The molecule has 2 nitrogen and oxygen atoms in total. The maximum absolute atomic E-state index is 4.83. The first-order valence-corrected chi connectivity index (χ1v) is 6.41. The summed E-state index contributed by atoms with van der Waals surface area (Å²) in [5.41, 5.74) is 3.77. The third kappa shape index (κ3) is 2.05. The first-order chi connectivity index (χ1) is 8.34. The molecular weight excluding hydrogens is 208 g/mol. The minimum absolute atomic E-state index is 0.638. The molecule has 1 N–H and O–H groups in total. The summed E-state index contributed by atoms with van der Waals surface area (Å²) in [7, 11) is 0. The number of benzene rings is 1. The predicted octanol–water partition coefficient (Wildman–Crippen LogP) is 3.01. The van der Waals surface area contributed by atoms with E-state index >= 15 is 0 Å². The molecule has 0 amide bonds. The minimum Gasteiger partial charge on any atom is -0.317 e. The highest BCUT2D eigenvalue weighted by atomic mass is 14.9. The van der Waals surface area contributed by atoms with Crippen molar-refractivity contribution in [2.45, 2.75) is 25.7 Å². The summed E-state index contributed by atoms with van der Waals surface area (Å²) in [6, 6.07) is 10.7. The highest BCUT2D eigenvalue weighted by Gasteiger charge is 2.17. The van der Waals surface area contributed by atoms with Gasteiger partial charge in [0, 0.05) is 17.0 Å². The lowest BCUT2D eigenvalue weighted by Gasteiger charge is -2.22. The van der Waals surface area contributed by atoms with Crippen LogP contribution in [0.25, 0.3) is 10.9 Å². The summed E-state index contributed by atoms with van der Waals surface area (Å²) >= 11 is 0. The monoisotopic (exact) mass is 226 g/mol. The number of hydrogen-bond acceptors (Lipinski definition) is 2. The smallest absolute Gasteiger partial charge is 0.0708 e. The van der Waals surface area contributed by atoms with Gasteiger partial charge in [-0.2, -0.15) is 0 Å². The number of fused-ring (bicyclic) bond motifs is 1. The summed E-state index contributed by atoms with van der Waals surface area (Å²) in [5, 5.41) is 4.69. The number of aryl methyl sites for hydroxylation is 1. The van der Waals surface area contributed by atoms with E-state index in [-0.39, 0.29) is 0 Å². The van der Waals surface area contributed by atoms with Gasteiger partial charge in [-0.05, 0) is 50.6 Å². The number of rotatable bonds is 1. The molecule has 2 aromatic rings. The molecule has 3 rings (SSSR count). The van der Waals surface area contributed by atoms with E-state index in [1.807, 2.05) is 0 Å².